The standard InChI is InChI=1S/C23H25ClN2O5S/c1-5-21(23(28)29)32(30,31)16-8-6-15(7-9-16)14(3)25-22(27)20-12-17-18(24)10-13(2)11-19(17)26(20)4/h6-12,14,21H,5H2,1-4H3,(H,25,27)(H,28,29). The highest BCUT2D eigenvalue weighted by Crippen LogP contribution is 2.28. The van der Waals surface area contributed by atoms with Gasteiger partial charge in [0.25, 0.3) is 5.91 Å². The number of hydrogen-bond donors (Lipinski definition) is 2. The van der Waals surface area contributed by atoms with Gasteiger partial charge in [-0.3, -0.25) is 9.59 Å². The van der Waals surface area contributed by atoms with Crippen LogP contribution < -0.4 is 5.32 Å². The summed E-state index contributed by atoms with van der Waals surface area (Å²) in [5.41, 5.74) is 2.98. The van der Waals surface area contributed by atoms with Gasteiger partial charge < -0.3 is 15.0 Å². The van der Waals surface area contributed by atoms with E-state index < -0.39 is 27.1 Å². The minimum Gasteiger partial charge on any atom is -0.480 e. The minimum atomic E-state index is -3.99. The highest BCUT2D eigenvalue weighted by atomic mass is 35.5. The third kappa shape index (κ3) is 4.38. The Balaban J connectivity index is 1.82. The van der Waals surface area contributed by atoms with Crippen molar-refractivity contribution in [2.24, 2.45) is 7.05 Å². The lowest BCUT2D eigenvalue weighted by Gasteiger charge is -2.16. The summed E-state index contributed by atoms with van der Waals surface area (Å²) in [4.78, 5) is 24.1. The quantitative estimate of drug-likeness (QED) is 0.529. The molecule has 1 amide bonds. The number of rotatable bonds is 7. The zero-order chi connectivity index (χ0) is 23.8. The molecule has 3 aromatic rings. The molecule has 170 valence electrons. The maximum absolute atomic E-state index is 12.9. The summed E-state index contributed by atoms with van der Waals surface area (Å²) in [5, 5.41) is 12.0. The van der Waals surface area contributed by atoms with Gasteiger partial charge in [0, 0.05) is 12.4 Å². The van der Waals surface area contributed by atoms with E-state index in [0.29, 0.717) is 16.3 Å². The van der Waals surface area contributed by atoms with Crippen molar-refractivity contribution in [3.63, 3.8) is 0 Å². The van der Waals surface area contributed by atoms with Gasteiger partial charge >= 0.3 is 5.97 Å². The molecule has 2 unspecified atom stereocenters. The van der Waals surface area contributed by atoms with Crippen LogP contribution in [0.5, 0.6) is 0 Å². The van der Waals surface area contributed by atoms with E-state index in [1.165, 1.54) is 19.1 Å². The third-order valence-electron chi connectivity index (χ3n) is 5.57. The average Bonchev–Trinajstić information content (AvgIpc) is 3.05. The maximum Gasteiger partial charge on any atom is 0.322 e. The SMILES string of the molecule is CCC(C(=O)O)S(=O)(=O)c1ccc(C(C)NC(=O)c2cc3c(Cl)cc(C)cc3n2C)cc1. The van der Waals surface area contributed by atoms with Gasteiger partial charge in [-0.05, 0) is 61.7 Å². The van der Waals surface area contributed by atoms with Crippen molar-refractivity contribution in [3.8, 4) is 0 Å². The Bertz CT molecular complexity index is 1300. The van der Waals surface area contributed by atoms with E-state index >= 15 is 0 Å². The molecule has 0 aliphatic carbocycles. The van der Waals surface area contributed by atoms with Crippen molar-refractivity contribution in [1.82, 2.24) is 9.88 Å². The molecule has 2 aromatic carbocycles. The number of nitrogens with zero attached hydrogens (tertiary/aromatic N) is 1. The Hall–Kier alpha value is -2.84. The van der Waals surface area contributed by atoms with Crippen LogP contribution in [0.15, 0.2) is 47.4 Å². The summed E-state index contributed by atoms with van der Waals surface area (Å²) in [6, 6.07) is 11.0. The number of carboxylic acid groups (broad SMARTS) is 1. The highest BCUT2D eigenvalue weighted by molar-refractivity contribution is 7.92. The van der Waals surface area contributed by atoms with E-state index in [1.54, 1.807) is 36.7 Å². The van der Waals surface area contributed by atoms with Gasteiger partial charge in [0.1, 0.15) is 5.69 Å². The number of fused-ring (bicyclic) bond motifs is 1. The van der Waals surface area contributed by atoms with Crippen LogP contribution in [-0.2, 0) is 21.7 Å². The largest absolute Gasteiger partial charge is 0.480 e. The van der Waals surface area contributed by atoms with Gasteiger partial charge in [0.15, 0.2) is 15.1 Å². The number of aromatic nitrogens is 1. The van der Waals surface area contributed by atoms with Crippen molar-refractivity contribution in [1.29, 1.82) is 0 Å². The summed E-state index contributed by atoms with van der Waals surface area (Å²) < 4.78 is 26.9. The number of halogens is 1. The van der Waals surface area contributed by atoms with Crippen molar-refractivity contribution in [2.45, 2.75) is 43.4 Å². The van der Waals surface area contributed by atoms with Crippen LogP contribution in [0.25, 0.3) is 10.9 Å². The Labute approximate surface area is 191 Å². The second kappa shape index (κ2) is 8.96. The molecule has 1 aromatic heterocycles. The fraction of sp³-hybridized carbons (Fsp3) is 0.304. The zero-order valence-electron chi connectivity index (χ0n) is 18.2. The predicted molar refractivity (Wildman–Crippen MR) is 124 cm³/mol. The Morgan fingerprint density at radius 2 is 1.78 bits per heavy atom. The monoisotopic (exact) mass is 476 g/mol. The molecule has 2 atom stereocenters. The number of aliphatic carboxylic acids is 1. The molecule has 0 saturated heterocycles. The van der Waals surface area contributed by atoms with Crippen LogP contribution in [0, 0.1) is 6.92 Å². The summed E-state index contributed by atoms with van der Waals surface area (Å²) in [6.07, 6.45) is -0.0273. The molecule has 0 saturated carbocycles. The van der Waals surface area contributed by atoms with Gasteiger partial charge in [-0.2, -0.15) is 0 Å². The number of sulfone groups is 1. The first kappa shape index (κ1) is 23.8. The van der Waals surface area contributed by atoms with E-state index in [9.17, 15) is 23.1 Å². The van der Waals surface area contributed by atoms with Crippen molar-refractivity contribution >= 4 is 44.2 Å². The van der Waals surface area contributed by atoms with E-state index in [1.807, 2.05) is 19.1 Å². The molecule has 7 nitrogen and oxygen atoms in total. The second-order valence-electron chi connectivity index (χ2n) is 7.81. The predicted octanol–water partition coefficient (Wildman–Crippen LogP) is 4.27. The molecular weight excluding hydrogens is 452 g/mol. The molecular formula is C23H25ClN2O5S. The molecule has 0 radical (unpaired) electrons. The maximum atomic E-state index is 12.9. The van der Waals surface area contributed by atoms with E-state index in [0.717, 1.165) is 16.5 Å². The normalized spacial score (nSPS) is 13.7. The smallest absolute Gasteiger partial charge is 0.322 e. The van der Waals surface area contributed by atoms with E-state index in [2.05, 4.69) is 5.32 Å². The van der Waals surface area contributed by atoms with Crippen molar-refractivity contribution in [3.05, 3.63) is 64.3 Å². The molecule has 0 fully saturated rings. The Morgan fingerprint density at radius 1 is 1.16 bits per heavy atom. The Kier molecular flexibility index (Phi) is 6.67. The number of carboxylic acids is 1. The van der Waals surface area contributed by atoms with Crippen LogP contribution in [0.1, 0.15) is 47.9 Å². The average molecular weight is 477 g/mol. The summed E-state index contributed by atoms with van der Waals surface area (Å²) in [5.74, 6) is -1.67. The van der Waals surface area contributed by atoms with Gasteiger partial charge in [0.2, 0.25) is 0 Å². The highest BCUT2D eigenvalue weighted by Gasteiger charge is 2.32. The molecule has 32 heavy (non-hydrogen) atoms. The number of aryl methyl sites for hydroxylation is 2. The lowest BCUT2D eigenvalue weighted by atomic mass is 10.1. The van der Waals surface area contributed by atoms with Crippen LogP contribution in [0.3, 0.4) is 0 Å². The topological polar surface area (TPSA) is 105 Å². The number of hydrogen-bond acceptors (Lipinski definition) is 4. The fourth-order valence-corrected chi connectivity index (χ4v) is 5.60. The molecule has 0 bridgehead atoms. The number of amides is 1. The lowest BCUT2D eigenvalue weighted by Crippen LogP contribution is -2.30. The fourth-order valence-electron chi connectivity index (χ4n) is 3.73. The number of carbonyl (C=O) groups is 2. The minimum absolute atomic E-state index is 0.0273. The summed E-state index contributed by atoms with van der Waals surface area (Å²) in [6.45, 7) is 5.24. The first-order valence-corrected chi connectivity index (χ1v) is 12.0. The van der Waals surface area contributed by atoms with Gasteiger partial charge in [-0.15, -0.1) is 0 Å². The van der Waals surface area contributed by atoms with Crippen LogP contribution in [-0.4, -0.2) is 35.2 Å². The summed E-state index contributed by atoms with van der Waals surface area (Å²) in [7, 11) is -2.19. The number of nitrogens with one attached hydrogen (secondary N) is 1. The first-order chi connectivity index (χ1) is 15.0. The molecule has 1 heterocycles. The molecule has 3 rings (SSSR count). The lowest BCUT2D eigenvalue weighted by molar-refractivity contribution is -0.136. The van der Waals surface area contributed by atoms with Crippen molar-refractivity contribution < 1.29 is 23.1 Å². The first-order valence-electron chi connectivity index (χ1n) is 10.1. The molecule has 9 heteroatoms. The zero-order valence-corrected chi connectivity index (χ0v) is 19.8. The second-order valence-corrected chi connectivity index (χ2v) is 10.4. The molecule has 2 N–H and O–H groups in total. The van der Waals surface area contributed by atoms with Crippen LogP contribution in [0.2, 0.25) is 5.02 Å². The van der Waals surface area contributed by atoms with E-state index in [-0.39, 0.29) is 17.2 Å². The Morgan fingerprint density at radius 3 is 2.34 bits per heavy atom. The van der Waals surface area contributed by atoms with Crippen LogP contribution in [0.4, 0.5) is 0 Å². The third-order valence-corrected chi connectivity index (χ3v) is 8.09. The molecule has 0 spiro atoms. The van der Waals surface area contributed by atoms with Gasteiger partial charge in [-0.1, -0.05) is 30.7 Å². The van der Waals surface area contributed by atoms with Crippen LogP contribution >= 0.6 is 11.6 Å². The number of carbonyl (C=O) groups excluding carboxylic acids is 1. The number of benzene rings is 2. The molecule has 0 aliphatic heterocycles. The van der Waals surface area contributed by atoms with E-state index in [4.69, 9.17) is 11.6 Å². The van der Waals surface area contributed by atoms with Crippen molar-refractivity contribution in [2.75, 3.05) is 0 Å². The van der Waals surface area contributed by atoms with Gasteiger partial charge in [-0.25, -0.2) is 8.42 Å². The summed E-state index contributed by atoms with van der Waals surface area (Å²) >= 11 is 6.33. The molecule has 0 aliphatic rings. The van der Waals surface area contributed by atoms with Gasteiger partial charge in [0.05, 0.1) is 21.5 Å².